The third kappa shape index (κ3) is 2.06. The molecule has 7 heteroatoms. The number of hydrogen-bond donors (Lipinski definition) is 2. The van der Waals surface area contributed by atoms with E-state index in [4.69, 9.17) is 5.73 Å². The summed E-state index contributed by atoms with van der Waals surface area (Å²) in [6, 6.07) is 0. The van der Waals surface area contributed by atoms with E-state index in [-0.39, 0.29) is 10.8 Å². The summed E-state index contributed by atoms with van der Waals surface area (Å²) < 4.78 is 26.7. The number of nitrogens with two attached hydrogens (primary N) is 1. The van der Waals surface area contributed by atoms with Gasteiger partial charge in [-0.2, -0.15) is 9.40 Å². The van der Waals surface area contributed by atoms with Crippen LogP contribution in [0.4, 0.5) is 0 Å². The summed E-state index contributed by atoms with van der Waals surface area (Å²) >= 11 is 0. The molecule has 0 amide bonds. The Morgan fingerprint density at radius 3 is 2.67 bits per heavy atom. The van der Waals surface area contributed by atoms with E-state index in [0.29, 0.717) is 17.9 Å². The highest BCUT2D eigenvalue weighted by Crippen LogP contribution is 2.28. The molecule has 2 atom stereocenters. The highest BCUT2D eigenvalue weighted by molar-refractivity contribution is 7.89. The van der Waals surface area contributed by atoms with Crippen LogP contribution in [0.25, 0.3) is 0 Å². The number of nitrogens with one attached hydrogen (secondary N) is 1. The molecule has 2 rings (SSSR count). The molecule has 1 aromatic heterocycles. The summed E-state index contributed by atoms with van der Waals surface area (Å²) in [4.78, 5) is 0.270. The molecule has 6 nitrogen and oxygen atoms in total. The lowest BCUT2D eigenvalue weighted by Gasteiger charge is -2.36. The number of sulfonamides is 1. The van der Waals surface area contributed by atoms with Gasteiger partial charge in [0.05, 0.1) is 17.6 Å². The maximum atomic E-state index is 12.6. The Balaban J connectivity index is 2.43. The molecule has 1 saturated heterocycles. The van der Waals surface area contributed by atoms with Gasteiger partial charge in [0.2, 0.25) is 10.0 Å². The minimum absolute atomic E-state index is 0.182. The Kier molecular flexibility index (Phi) is 3.48. The molecule has 1 aliphatic heterocycles. The van der Waals surface area contributed by atoms with E-state index in [1.54, 1.807) is 13.8 Å². The van der Waals surface area contributed by atoms with Gasteiger partial charge in [0.25, 0.3) is 0 Å². The highest BCUT2D eigenvalue weighted by Gasteiger charge is 2.37. The number of aryl methyl sites for hydroxylation is 2. The fraction of sp³-hybridized carbons (Fsp3) is 0.727. The van der Waals surface area contributed by atoms with Crippen LogP contribution in [0.2, 0.25) is 0 Å². The zero-order valence-corrected chi connectivity index (χ0v) is 11.8. The lowest BCUT2D eigenvalue weighted by Crippen LogP contribution is -2.52. The molecule has 0 radical (unpaired) electrons. The molecule has 3 N–H and O–H groups in total. The van der Waals surface area contributed by atoms with Gasteiger partial charge in [-0.15, -0.1) is 0 Å². The number of hydrogen-bond acceptors (Lipinski definition) is 4. The highest BCUT2D eigenvalue weighted by atomic mass is 32.2. The third-order valence-electron chi connectivity index (χ3n) is 3.58. The Bertz CT molecular complexity index is 518. The minimum Gasteiger partial charge on any atom is -0.315 e. The van der Waals surface area contributed by atoms with Crippen molar-refractivity contribution >= 4 is 10.0 Å². The molecule has 1 aliphatic rings. The van der Waals surface area contributed by atoms with Crippen LogP contribution in [-0.4, -0.2) is 35.6 Å². The van der Waals surface area contributed by atoms with Crippen LogP contribution in [0.5, 0.6) is 0 Å². The second-order valence-corrected chi connectivity index (χ2v) is 6.82. The quantitative estimate of drug-likeness (QED) is 0.830. The molecule has 18 heavy (non-hydrogen) atoms. The summed E-state index contributed by atoms with van der Waals surface area (Å²) in [5, 5.41) is 6.66. The molecular weight excluding hydrogens is 252 g/mol. The summed E-state index contributed by atoms with van der Waals surface area (Å²) in [6.45, 7) is 5.88. The summed E-state index contributed by atoms with van der Waals surface area (Å²) in [7, 11) is -3.55. The number of rotatable bonds is 2. The first kappa shape index (κ1) is 13.5. The lowest BCUT2D eigenvalue weighted by atomic mass is 9.99. The number of piperidine rings is 1. The van der Waals surface area contributed by atoms with Gasteiger partial charge < -0.3 is 5.73 Å². The van der Waals surface area contributed by atoms with Gasteiger partial charge in [-0.25, -0.2) is 8.42 Å². The number of aromatic nitrogens is 2. The maximum absolute atomic E-state index is 12.6. The Morgan fingerprint density at radius 1 is 1.44 bits per heavy atom. The molecule has 2 heterocycles. The van der Waals surface area contributed by atoms with E-state index in [1.165, 1.54) is 4.31 Å². The van der Waals surface area contributed by atoms with Crippen molar-refractivity contribution < 1.29 is 8.42 Å². The first-order valence-corrected chi connectivity index (χ1v) is 7.58. The average Bonchev–Trinajstić information content (AvgIpc) is 2.62. The number of H-pyrrole nitrogens is 1. The zero-order chi connectivity index (χ0) is 13.5. The van der Waals surface area contributed by atoms with Crippen LogP contribution in [0.3, 0.4) is 0 Å². The standard InChI is InChI=1S/C11H20N4O2S/c1-7-5-4-6-15(11(7)12)18(16,17)10-8(2)13-14-9(10)3/h7,11H,4-6,12H2,1-3H3,(H,13,14). The molecule has 1 fully saturated rings. The van der Waals surface area contributed by atoms with Crippen LogP contribution in [0.1, 0.15) is 31.2 Å². The van der Waals surface area contributed by atoms with E-state index in [0.717, 1.165) is 12.8 Å². The van der Waals surface area contributed by atoms with Gasteiger partial charge in [0.1, 0.15) is 4.90 Å². The van der Waals surface area contributed by atoms with Crippen molar-refractivity contribution in [1.82, 2.24) is 14.5 Å². The largest absolute Gasteiger partial charge is 0.315 e. The molecule has 0 aliphatic carbocycles. The molecule has 0 spiro atoms. The van der Waals surface area contributed by atoms with E-state index in [2.05, 4.69) is 10.2 Å². The van der Waals surface area contributed by atoms with Crippen molar-refractivity contribution in [2.75, 3.05) is 6.54 Å². The zero-order valence-electron chi connectivity index (χ0n) is 11.0. The summed E-state index contributed by atoms with van der Waals surface area (Å²) in [6.07, 6.45) is 1.37. The fourth-order valence-electron chi connectivity index (χ4n) is 2.49. The van der Waals surface area contributed by atoms with E-state index in [1.807, 2.05) is 6.92 Å². The topological polar surface area (TPSA) is 92.1 Å². The van der Waals surface area contributed by atoms with Gasteiger partial charge in [-0.1, -0.05) is 6.92 Å². The van der Waals surface area contributed by atoms with Crippen molar-refractivity contribution in [3.63, 3.8) is 0 Å². The summed E-state index contributed by atoms with van der Waals surface area (Å²) in [5.41, 5.74) is 7.10. The van der Waals surface area contributed by atoms with Crippen molar-refractivity contribution in [2.45, 2.75) is 44.7 Å². The third-order valence-corrected chi connectivity index (χ3v) is 5.74. The van der Waals surface area contributed by atoms with Crippen LogP contribution in [-0.2, 0) is 10.0 Å². The second kappa shape index (κ2) is 4.64. The SMILES string of the molecule is Cc1n[nH]c(C)c1S(=O)(=O)N1CCCC(C)C1N. The Labute approximate surface area is 108 Å². The van der Waals surface area contributed by atoms with Crippen molar-refractivity contribution in [3.8, 4) is 0 Å². The van der Waals surface area contributed by atoms with Crippen LogP contribution in [0.15, 0.2) is 4.90 Å². The van der Waals surface area contributed by atoms with Crippen molar-refractivity contribution in [1.29, 1.82) is 0 Å². The lowest BCUT2D eigenvalue weighted by molar-refractivity contribution is 0.192. The molecule has 0 aromatic carbocycles. The van der Waals surface area contributed by atoms with Crippen LogP contribution < -0.4 is 5.73 Å². The normalized spacial score (nSPS) is 26.4. The van der Waals surface area contributed by atoms with Gasteiger partial charge >= 0.3 is 0 Å². The predicted molar refractivity (Wildman–Crippen MR) is 68.3 cm³/mol. The van der Waals surface area contributed by atoms with Gasteiger partial charge in [0.15, 0.2) is 0 Å². The smallest absolute Gasteiger partial charge is 0.248 e. The number of aromatic amines is 1. The van der Waals surface area contributed by atoms with Gasteiger partial charge in [-0.05, 0) is 32.6 Å². The molecule has 2 unspecified atom stereocenters. The van der Waals surface area contributed by atoms with Crippen LogP contribution in [0, 0.1) is 19.8 Å². The van der Waals surface area contributed by atoms with Gasteiger partial charge in [0, 0.05) is 6.54 Å². The Morgan fingerprint density at radius 2 is 2.11 bits per heavy atom. The first-order valence-electron chi connectivity index (χ1n) is 6.14. The second-order valence-electron chi connectivity index (χ2n) is 4.99. The molecular formula is C11H20N4O2S. The van der Waals surface area contributed by atoms with Gasteiger partial charge in [-0.3, -0.25) is 5.10 Å². The minimum atomic E-state index is -3.55. The average molecular weight is 272 g/mol. The first-order chi connectivity index (χ1) is 8.35. The van der Waals surface area contributed by atoms with E-state index >= 15 is 0 Å². The van der Waals surface area contributed by atoms with E-state index in [9.17, 15) is 8.42 Å². The van der Waals surface area contributed by atoms with Crippen LogP contribution >= 0.6 is 0 Å². The molecule has 102 valence electrons. The number of nitrogens with zero attached hydrogens (tertiary/aromatic N) is 2. The maximum Gasteiger partial charge on any atom is 0.248 e. The Hall–Kier alpha value is -0.920. The van der Waals surface area contributed by atoms with E-state index < -0.39 is 16.2 Å². The molecule has 1 aromatic rings. The van der Waals surface area contributed by atoms with Crippen molar-refractivity contribution in [2.24, 2.45) is 11.7 Å². The fourth-order valence-corrected chi connectivity index (χ4v) is 4.47. The summed E-state index contributed by atoms with van der Waals surface area (Å²) in [5.74, 6) is 0.182. The molecule has 0 saturated carbocycles. The monoisotopic (exact) mass is 272 g/mol. The predicted octanol–water partition coefficient (Wildman–Crippen LogP) is 0.732. The van der Waals surface area contributed by atoms with Crippen molar-refractivity contribution in [3.05, 3.63) is 11.4 Å². The molecule has 0 bridgehead atoms.